The first-order valence-electron chi connectivity index (χ1n) is 38.4. The van der Waals surface area contributed by atoms with E-state index in [1.165, 1.54) is 60.5 Å². The van der Waals surface area contributed by atoms with Crippen molar-refractivity contribution in [2.24, 2.45) is 35.5 Å². The first kappa shape index (κ1) is 103. The van der Waals surface area contributed by atoms with Gasteiger partial charge in [-0.25, -0.2) is 24.0 Å². The Hall–Kier alpha value is -8.48. The van der Waals surface area contributed by atoms with Gasteiger partial charge in [0, 0.05) is 77.5 Å². The van der Waals surface area contributed by atoms with Gasteiger partial charge in [0.2, 0.25) is 17.1 Å². The van der Waals surface area contributed by atoms with Crippen LogP contribution in [0.25, 0.3) is 0 Å². The molecule has 0 aliphatic heterocycles. The average molecular weight is 1650 g/mol. The highest BCUT2D eigenvalue weighted by Gasteiger charge is 2.38. The fraction of sp³-hybridized carbons (Fsp3) is 0.558. The molecular formula is C86H126Cl2N5O22-. The van der Waals surface area contributed by atoms with Crippen molar-refractivity contribution < 1.29 is 118 Å². The van der Waals surface area contributed by atoms with E-state index in [-0.39, 0.29) is 103 Å². The van der Waals surface area contributed by atoms with E-state index in [1.807, 2.05) is 64.1 Å². The minimum atomic E-state index is -0.616. The number of nitrogen functional groups attached to an aromatic ring is 1. The summed E-state index contributed by atoms with van der Waals surface area (Å²) < 4.78 is 55.5. The Labute approximate surface area is 690 Å². The number of nitrogens with two attached hydrogens (primary N) is 1. The lowest BCUT2D eigenvalue weighted by molar-refractivity contribution is -0.125. The number of nitrogens with zero attached hydrogens (tertiary/aromatic N) is 2. The number of hydrogen-bond donors (Lipinski definition) is 6. The van der Waals surface area contributed by atoms with Crippen LogP contribution in [0.1, 0.15) is 172 Å². The van der Waals surface area contributed by atoms with Crippen LogP contribution in [0.3, 0.4) is 0 Å². The average Bonchev–Trinajstić information content (AvgIpc) is 0.791. The molecule has 0 heterocycles. The van der Waals surface area contributed by atoms with Crippen LogP contribution in [0.5, 0.6) is 5.75 Å². The number of aliphatic hydroxyl groups is 2. The molecule has 3 saturated carbocycles. The molecular weight excluding hydrogens is 1530 g/mol. The number of nitrogens with one attached hydrogen (secondary N) is 2. The quantitative estimate of drug-likeness (QED) is 0.0108. The molecule has 0 saturated heterocycles. The third-order valence-corrected chi connectivity index (χ3v) is 20.1. The van der Waals surface area contributed by atoms with Crippen LogP contribution in [-0.4, -0.2) is 217 Å². The Morgan fingerprint density at radius 2 is 0.687 bits per heavy atom. The molecule has 29 heteroatoms. The zero-order valence-corrected chi connectivity index (χ0v) is 71.9. The molecule has 0 atom stereocenters. The molecule has 0 spiro atoms. The summed E-state index contributed by atoms with van der Waals surface area (Å²) in [7, 11) is 16.2. The Morgan fingerprint density at radius 3 is 1.03 bits per heavy atom. The molecule has 5 aromatic rings. The van der Waals surface area contributed by atoms with Gasteiger partial charge in [-0.05, 0) is 201 Å². The number of benzene rings is 5. The molecule has 2 amide bonds. The fourth-order valence-electron chi connectivity index (χ4n) is 13.4. The molecule has 3 aliphatic rings. The largest absolute Gasteiger partial charge is 1.00 e. The van der Waals surface area contributed by atoms with E-state index in [0.717, 1.165) is 98.1 Å². The monoisotopic (exact) mass is 1650 g/mol. The molecule has 7 N–H and O–H groups in total. The van der Waals surface area contributed by atoms with Crippen LogP contribution in [0.2, 0.25) is 0 Å². The second kappa shape index (κ2) is 55.2. The minimum absolute atomic E-state index is 0. The number of aliphatic hydroxyl groups excluding tert-OH is 2. The van der Waals surface area contributed by atoms with Crippen LogP contribution in [0.15, 0.2) is 91.0 Å². The Bertz CT molecular complexity index is 3650. The van der Waals surface area contributed by atoms with Gasteiger partial charge in [0.05, 0.1) is 152 Å². The second-order valence-corrected chi connectivity index (χ2v) is 29.4. The van der Waals surface area contributed by atoms with Crippen molar-refractivity contribution in [3.05, 3.63) is 141 Å². The van der Waals surface area contributed by atoms with Crippen molar-refractivity contribution in [1.29, 1.82) is 0 Å². The first-order chi connectivity index (χ1) is 54.4. The van der Waals surface area contributed by atoms with E-state index in [1.54, 1.807) is 94.9 Å². The molecule has 0 aromatic heterocycles. The number of carbonyl (C=O) groups is 8. The van der Waals surface area contributed by atoms with Crippen molar-refractivity contribution in [3.8, 4) is 5.75 Å². The van der Waals surface area contributed by atoms with Gasteiger partial charge >= 0.3 is 29.8 Å². The van der Waals surface area contributed by atoms with Gasteiger partial charge in [0.15, 0.2) is 0 Å². The molecule has 0 unspecified atom stereocenters. The standard InChI is InChI=1S/C22H33NO5.C21H31NO6.C14H21NO4.C12H17NO4.C9H11NO2.C8H13ClO.ClH/c1-15-6-9-17(10-7-15)21(24)23(18(13-26-3)14-27-4)20-11-8-16(2)12-19(20)22(25)28-5;1-14-5-7-15(8-6-14)20(24)22(16(12-26-2)13-27-3)19-10-9-17(23)11-18(19)21(25)28-4;1-10-5-6-13(12(7-10)14(16)19-4)15-11(8-17-2)9-18-3;1-8-3-4-11(13-9(6-14)7-15)10(5-8)12(16)17-2;1-6-3-4-8(10)7(5-6)9(11)12-2;1-6-2-4-7(5-3-6)8(9)10;/h8,11-12,15,17-18H,6-7,9-10,13-14H2,1-5H3;9-11,14-16,23H,5-8,12-13H2,1-4H3;5-7,11,15H,8-9H2,1-4H3;3-5,9,13-15H,6-7H2,1-2H3;3-5H,10H2,1-2H3;6-7H,2-5H2,1H3;1H/p-1. The predicted octanol–water partition coefficient (Wildman–Crippen LogP) is 9.95. The van der Waals surface area contributed by atoms with E-state index < -0.39 is 36.0 Å². The number of hydrogen-bond acceptors (Lipinski definition) is 25. The molecule has 3 fully saturated rings. The second-order valence-electron chi connectivity index (χ2n) is 29.0. The summed E-state index contributed by atoms with van der Waals surface area (Å²) in [5, 5.41) is 33.8. The highest BCUT2D eigenvalue weighted by molar-refractivity contribution is 6.64. The van der Waals surface area contributed by atoms with Crippen molar-refractivity contribution >= 4 is 86.9 Å². The Balaban J connectivity index is 0.000000483. The van der Waals surface area contributed by atoms with E-state index in [4.69, 9.17) is 70.2 Å². The number of anilines is 5. The van der Waals surface area contributed by atoms with Crippen molar-refractivity contribution in [2.45, 2.75) is 150 Å². The summed E-state index contributed by atoms with van der Waals surface area (Å²) in [5.74, 6) is -0.323. The zero-order valence-electron chi connectivity index (χ0n) is 70.4. The number of carbonyl (C=O) groups excluding carboxylic acids is 8. The third kappa shape index (κ3) is 33.9. The Kier molecular flexibility index (Phi) is 49.2. The summed E-state index contributed by atoms with van der Waals surface area (Å²) >= 11 is 5.37. The molecule has 5 aromatic carbocycles. The maximum Gasteiger partial charge on any atom is 0.340 e. The number of amides is 2. The van der Waals surface area contributed by atoms with Crippen LogP contribution < -0.4 is 38.6 Å². The van der Waals surface area contributed by atoms with Gasteiger partial charge in [-0.3, -0.25) is 14.4 Å². The normalized spacial score (nSPS) is 16.7. The number of ether oxygens (including phenoxy) is 11. The summed E-state index contributed by atoms with van der Waals surface area (Å²) in [4.78, 5) is 100. The Morgan fingerprint density at radius 1 is 0.400 bits per heavy atom. The van der Waals surface area contributed by atoms with Gasteiger partial charge in [-0.1, -0.05) is 67.3 Å². The molecule has 3 aliphatic carbocycles. The molecule has 27 nitrogen and oxygen atoms in total. The number of aromatic hydroxyl groups is 1. The first-order valence-corrected chi connectivity index (χ1v) is 38.8. The van der Waals surface area contributed by atoms with Crippen molar-refractivity contribution in [2.75, 3.05) is 157 Å². The van der Waals surface area contributed by atoms with E-state index in [2.05, 4.69) is 40.9 Å². The molecule has 8 rings (SSSR count). The lowest BCUT2D eigenvalue weighted by atomic mass is 9.82. The molecule has 0 bridgehead atoms. The van der Waals surface area contributed by atoms with E-state index in [9.17, 15) is 43.5 Å². The van der Waals surface area contributed by atoms with Gasteiger partial charge in [-0.2, -0.15) is 0 Å². The summed E-state index contributed by atoms with van der Waals surface area (Å²) in [6.07, 6.45) is 11.8. The number of methoxy groups -OCH3 is 11. The van der Waals surface area contributed by atoms with Crippen LogP contribution in [0, 0.1) is 63.2 Å². The maximum absolute atomic E-state index is 13.6. The fourth-order valence-corrected chi connectivity index (χ4v) is 13.6. The van der Waals surface area contributed by atoms with Gasteiger partial charge in [0.25, 0.3) is 0 Å². The SMILES string of the molecule is CC1CCC(C(=O)Cl)CC1.COC(=O)c1cc(C)ccc1N.COC(=O)c1cc(C)ccc1NC(CO)CO.COCC(COC)N(C(=O)C1CCC(C)CC1)c1ccc(C)cc1C(=O)OC.COCC(COC)N(C(=O)C1CCC(C)CC1)c1ccc(O)cc1C(=O)OC.COCC(COC)Nc1ccc(C)cc1C(=O)OC.[Cl-]. The van der Waals surface area contributed by atoms with E-state index in [0.29, 0.717) is 83.3 Å². The molecule has 0 radical (unpaired) electrons. The smallest absolute Gasteiger partial charge is 0.340 e. The highest BCUT2D eigenvalue weighted by atomic mass is 35.5. The predicted molar refractivity (Wildman–Crippen MR) is 441 cm³/mol. The van der Waals surface area contributed by atoms with Gasteiger partial charge < -0.3 is 106 Å². The summed E-state index contributed by atoms with van der Waals surface area (Å²) in [6, 6.07) is 24.7. The number of phenolic OH excluding ortho intramolecular Hbond substituents is 1. The van der Waals surface area contributed by atoms with Crippen molar-refractivity contribution in [1.82, 2.24) is 0 Å². The number of esters is 5. The van der Waals surface area contributed by atoms with Gasteiger partial charge in [-0.15, -0.1) is 0 Å². The summed E-state index contributed by atoms with van der Waals surface area (Å²) in [5.41, 5.74) is 13.9. The maximum atomic E-state index is 13.6. The van der Waals surface area contributed by atoms with Gasteiger partial charge in [0.1, 0.15) is 5.75 Å². The minimum Gasteiger partial charge on any atom is -1.00 e. The number of rotatable bonds is 30. The lowest BCUT2D eigenvalue weighted by Crippen LogP contribution is -3.00. The molecule has 115 heavy (non-hydrogen) atoms. The van der Waals surface area contributed by atoms with E-state index >= 15 is 0 Å². The van der Waals surface area contributed by atoms with Crippen molar-refractivity contribution in [3.63, 3.8) is 0 Å². The highest BCUT2D eigenvalue weighted by Crippen LogP contribution is 2.37. The summed E-state index contributed by atoms with van der Waals surface area (Å²) in [6.45, 7) is 15.9. The van der Waals surface area contributed by atoms with Crippen LogP contribution in [0.4, 0.5) is 28.4 Å². The topological polar surface area (TPSA) is 355 Å². The lowest BCUT2D eigenvalue weighted by Gasteiger charge is -2.36. The van der Waals surface area contributed by atoms with Crippen LogP contribution >= 0.6 is 11.6 Å². The third-order valence-electron chi connectivity index (χ3n) is 19.8. The molecule has 642 valence electrons. The zero-order chi connectivity index (χ0) is 85.1. The number of halogens is 2. The van der Waals surface area contributed by atoms with Crippen LogP contribution in [-0.2, 0) is 66.5 Å². The number of phenols is 1. The number of aryl methyl sites for hydroxylation is 4.